The first-order valence-electron chi connectivity index (χ1n) is 6.92. The van der Waals surface area contributed by atoms with Crippen LogP contribution in [-0.4, -0.2) is 31.8 Å². The smallest absolute Gasteiger partial charge is 0.305 e. The van der Waals surface area contributed by atoms with Gasteiger partial charge in [0.05, 0.1) is 20.3 Å². The first kappa shape index (κ1) is 18.2. The maximum absolute atomic E-state index is 13.7. The second-order valence-electron chi connectivity index (χ2n) is 4.70. The van der Waals surface area contributed by atoms with Crippen molar-refractivity contribution >= 4 is 23.3 Å². The normalized spacial score (nSPS) is 11.5. The lowest BCUT2D eigenvalue weighted by atomic mass is 10.1. The van der Waals surface area contributed by atoms with Crippen LogP contribution in [0.2, 0.25) is 0 Å². The molecule has 1 rings (SSSR count). The Bertz CT molecular complexity index is 526. The van der Waals surface area contributed by atoms with Gasteiger partial charge in [0.2, 0.25) is 0 Å². The summed E-state index contributed by atoms with van der Waals surface area (Å²) in [5.74, 6) is -0.451. The number of halogens is 1. The van der Waals surface area contributed by atoms with E-state index in [9.17, 15) is 9.18 Å². The molecule has 0 aliphatic heterocycles. The maximum Gasteiger partial charge on any atom is 0.305 e. The van der Waals surface area contributed by atoms with Gasteiger partial charge in [-0.2, -0.15) is 0 Å². The minimum atomic E-state index is -0.411. The molecule has 0 saturated heterocycles. The summed E-state index contributed by atoms with van der Waals surface area (Å²) in [6.45, 7) is 2.44. The summed E-state index contributed by atoms with van der Waals surface area (Å²) in [4.78, 5) is 11.0. The van der Waals surface area contributed by atoms with Crippen molar-refractivity contribution in [2.45, 2.75) is 25.8 Å². The standard InChI is InChI=1S/C15H21FN2O3S/c1-10(11-6-7-13(20-2)12(16)9-11)18-15(22)17-8-4-5-14(19)21-3/h6-7,9-10H,4-5,8H2,1-3H3,(H2,17,18,22)/t10-/m0/s1. The van der Waals surface area contributed by atoms with E-state index in [0.717, 1.165) is 5.56 Å². The zero-order chi connectivity index (χ0) is 16.5. The zero-order valence-electron chi connectivity index (χ0n) is 12.9. The average molecular weight is 328 g/mol. The minimum absolute atomic E-state index is 0.152. The summed E-state index contributed by atoms with van der Waals surface area (Å²) < 4.78 is 23.1. The highest BCUT2D eigenvalue weighted by Crippen LogP contribution is 2.21. The highest BCUT2D eigenvalue weighted by atomic mass is 32.1. The molecule has 0 spiro atoms. The van der Waals surface area contributed by atoms with Crippen LogP contribution < -0.4 is 15.4 Å². The summed E-state index contributed by atoms with van der Waals surface area (Å²) >= 11 is 5.16. The Kier molecular flexibility index (Phi) is 7.59. The summed E-state index contributed by atoms with van der Waals surface area (Å²) in [7, 11) is 2.78. The summed E-state index contributed by atoms with van der Waals surface area (Å²) in [5.41, 5.74) is 0.761. The van der Waals surface area contributed by atoms with Crippen molar-refractivity contribution in [1.82, 2.24) is 10.6 Å². The van der Waals surface area contributed by atoms with Gasteiger partial charge in [-0.15, -0.1) is 0 Å². The second kappa shape index (κ2) is 9.19. The minimum Gasteiger partial charge on any atom is -0.494 e. The van der Waals surface area contributed by atoms with E-state index < -0.39 is 5.82 Å². The van der Waals surface area contributed by atoms with Crippen LogP contribution in [0.1, 0.15) is 31.4 Å². The molecule has 0 radical (unpaired) electrons. The molecule has 5 nitrogen and oxygen atoms in total. The van der Waals surface area contributed by atoms with Gasteiger partial charge in [0.25, 0.3) is 0 Å². The lowest BCUT2D eigenvalue weighted by Gasteiger charge is -2.18. The van der Waals surface area contributed by atoms with E-state index in [1.54, 1.807) is 12.1 Å². The van der Waals surface area contributed by atoms with Crippen molar-refractivity contribution in [3.63, 3.8) is 0 Å². The average Bonchev–Trinajstić information content (AvgIpc) is 2.51. The van der Waals surface area contributed by atoms with Crippen molar-refractivity contribution in [2.75, 3.05) is 20.8 Å². The quantitative estimate of drug-likeness (QED) is 0.455. The van der Waals surface area contributed by atoms with Crippen LogP contribution in [0.5, 0.6) is 5.75 Å². The Morgan fingerprint density at radius 3 is 2.73 bits per heavy atom. The molecule has 0 amide bonds. The first-order valence-corrected chi connectivity index (χ1v) is 7.33. The third-order valence-electron chi connectivity index (χ3n) is 3.09. The van der Waals surface area contributed by atoms with Gasteiger partial charge < -0.3 is 20.1 Å². The highest BCUT2D eigenvalue weighted by Gasteiger charge is 2.10. The monoisotopic (exact) mass is 328 g/mol. The fraction of sp³-hybridized carbons (Fsp3) is 0.467. The molecule has 1 atom stereocenters. The molecule has 0 aromatic heterocycles. The number of hydrogen-bond acceptors (Lipinski definition) is 4. The van der Waals surface area contributed by atoms with Gasteiger partial charge in [-0.1, -0.05) is 6.07 Å². The molecule has 7 heteroatoms. The van der Waals surface area contributed by atoms with E-state index in [1.165, 1.54) is 20.3 Å². The second-order valence-corrected chi connectivity index (χ2v) is 5.10. The van der Waals surface area contributed by atoms with Crippen LogP contribution in [0.4, 0.5) is 4.39 Å². The van der Waals surface area contributed by atoms with Crippen molar-refractivity contribution in [1.29, 1.82) is 0 Å². The van der Waals surface area contributed by atoms with Crippen LogP contribution in [0.15, 0.2) is 18.2 Å². The number of methoxy groups -OCH3 is 2. The summed E-state index contributed by atoms with van der Waals surface area (Å²) in [6, 6.07) is 4.62. The zero-order valence-corrected chi connectivity index (χ0v) is 13.8. The predicted molar refractivity (Wildman–Crippen MR) is 86.4 cm³/mol. The van der Waals surface area contributed by atoms with Crippen LogP contribution in [-0.2, 0) is 9.53 Å². The van der Waals surface area contributed by atoms with Crippen molar-refractivity contribution in [2.24, 2.45) is 0 Å². The van der Waals surface area contributed by atoms with E-state index in [4.69, 9.17) is 17.0 Å². The third-order valence-corrected chi connectivity index (χ3v) is 3.36. The van der Waals surface area contributed by atoms with E-state index >= 15 is 0 Å². The molecule has 22 heavy (non-hydrogen) atoms. The number of ether oxygens (including phenoxy) is 2. The van der Waals surface area contributed by atoms with Crippen LogP contribution >= 0.6 is 12.2 Å². The van der Waals surface area contributed by atoms with Crippen molar-refractivity contribution in [3.8, 4) is 5.75 Å². The van der Waals surface area contributed by atoms with Gasteiger partial charge in [-0.05, 0) is 43.3 Å². The first-order chi connectivity index (χ1) is 10.5. The molecule has 0 aliphatic rings. The lowest BCUT2D eigenvalue weighted by Crippen LogP contribution is -2.37. The van der Waals surface area contributed by atoms with E-state index in [1.807, 2.05) is 6.92 Å². The van der Waals surface area contributed by atoms with E-state index in [-0.39, 0.29) is 17.8 Å². The predicted octanol–water partition coefficient (Wildman–Crippen LogP) is 2.31. The third kappa shape index (κ3) is 5.85. The van der Waals surface area contributed by atoms with Gasteiger partial charge in [0.15, 0.2) is 16.7 Å². The molecule has 122 valence electrons. The molecule has 1 aromatic carbocycles. The fourth-order valence-electron chi connectivity index (χ4n) is 1.82. The van der Waals surface area contributed by atoms with Crippen molar-refractivity contribution < 1.29 is 18.7 Å². The SMILES string of the molecule is COC(=O)CCCNC(=S)N[C@@H](C)c1ccc(OC)c(F)c1. The number of nitrogens with one attached hydrogen (secondary N) is 2. The Balaban J connectivity index is 2.40. The van der Waals surface area contributed by atoms with Gasteiger partial charge in [0, 0.05) is 13.0 Å². The van der Waals surface area contributed by atoms with E-state index in [0.29, 0.717) is 24.5 Å². The number of esters is 1. The number of hydrogen-bond donors (Lipinski definition) is 2. The number of rotatable bonds is 7. The molecule has 2 N–H and O–H groups in total. The van der Waals surface area contributed by atoms with Gasteiger partial charge in [0.1, 0.15) is 0 Å². The Morgan fingerprint density at radius 1 is 1.41 bits per heavy atom. The maximum atomic E-state index is 13.7. The van der Waals surface area contributed by atoms with Crippen molar-refractivity contribution in [3.05, 3.63) is 29.6 Å². The Morgan fingerprint density at radius 2 is 2.14 bits per heavy atom. The largest absolute Gasteiger partial charge is 0.494 e. The number of carbonyl (C=O) groups is 1. The van der Waals surface area contributed by atoms with Gasteiger partial charge in [-0.3, -0.25) is 4.79 Å². The van der Waals surface area contributed by atoms with Crippen LogP contribution in [0.25, 0.3) is 0 Å². The molecule has 1 aromatic rings. The Labute approximate surface area is 135 Å². The Hall–Kier alpha value is -1.89. The summed E-state index contributed by atoms with van der Waals surface area (Å²) in [5, 5.41) is 6.51. The molecule has 0 saturated carbocycles. The molecular weight excluding hydrogens is 307 g/mol. The number of thiocarbonyl (C=S) groups is 1. The van der Waals surface area contributed by atoms with Crippen LogP contribution in [0, 0.1) is 5.82 Å². The molecular formula is C15H21FN2O3S. The van der Waals surface area contributed by atoms with Gasteiger partial charge in [-0.25, -0.2) is 4.39 Å². The highest BCUT2D eigenvalue weighted by molar-refractivity contribution is 7.80. The number of benzene rings is 1. The molecule has 0 unspecified atom stereocenters. The van der Waals surface area contributed by atoms with Crippen LogP contribution in [0.3, 0.4) is 0 Å². The molecule has 0 bridgehead atoms. The molecule has 0 heterocycles. The van der Waals surface area contributed by atoms with E-state index in [2.05, 4.69) is 15.4 Å². The fourth-order valence-corrected chi connectivity index (χ4v) is 2.10. The number of carbonyl (C=O) groups excluding carboxylic acids is 1. The molecule has 0 fully saturated rings. The summed E-state index contributed by atoms with van der Waals surface area (Å²) in [6.07, 6.45) is 0.964. The molecule has 0 aliphatic carbocycles. The topological polar surface area (TPSA) is 59.6 Å². The lowest BCUT2D eigenvalue weighted by molar-refractivity contribution is -0.140. The van der Waals surface area contributed by atoms with Gasteiger partial charge >= 0.3 is 5.97 Å².